The van der Waals surface area contributed by atoms with Gasteiger partial charge in [-0.25, -0.2) is 4.79 Å². The third kappa shape index (κ3) is 4.11. The fraction of sp³-hybridized carbons (Fsp3) is 0.357. The molecule has 1 aromatic rings. The van der Waals surface area contributed by atoms with Crippen molar-refractivity contribution in [3.8, 4) is 0 Å². The quantitative estimate of drug-likeness (QED) is 0.802. The molecule has 0 unspecified atom stereocenters. The molecule has 0 aromatic heterocycles. The second-order valence-electron chi connectivity index (χ2n) is 5.04. The van der Waals surface area contributed by atoms with E-state index in [1.54, 1.807) is 25.2 Å². The van der Waals surface area contributed by atoms with Crippen molar-refractivity contribution in [2.75, 3.05) is 7.05 Å². The van der Waals surface area contributed by atoms with Crippen LogP contribution in [0, 0.1) is 0 Å². The van der Waals surface area contributed by atoms with Crippen LogP contribution in [-0.4, -0.2) is 35.8 Å². The summed E-state index contributed by atoms with van der Waals surface area (Å²) >= 11 is 11.9. The summed E-state index contributed by atoms with van der Waals surface area (Å²) < 4.78 is 0. The van der Waals surface area contributed by atoms with Gasteiger partial charge in [0.15, 0.2) is 0 Å². The maximum absolute atomic E-state index is 12.1. The highest BCUT2D eigenvalue weighted by Gasteiger charge is 2.29. The fourth-order valence-corrected chi connectivity index (χ4v) is 2.58. The number of nitrogens with one attached hydrogen (secondary N) is 2. The van der Waals surface area contributed by atoms with Crippen LogP contribution in [0.15, 0.2) is 18.2 Å². The summed E-state index contributed by atoms with van der Waals surface area (Å²) in [4.78, 5) is 36.0. The number of imide groups is 1. The van der Waals surface area contributed by atoms with E-state index >= 15 is 0 Å². The van der Waals surface area contributed by atoms with Crippen molar-refractivity contribution in [3.63, 3.8) is 0 Å². The topological polar surface area (TPSA) is 78.5 Å². The molecular formula is C14H15Cl2N3O3. The Morgan fingerprint density at radius 2 is 2.05 bits per heavy atom. The average Bonchev–Trinajstić information content (AvgIpc) is 2.77. The molecule has 0 aliphatic carbocycles. The molecule has 118 valence electrons. The lowest BCUT2D eigenvalue weighted by Crippen LogP contribution is -2.32. The zero-order chi connectivity index (χ0) is 16.3. The fourth-order valence-electron chi connectivity index (χ4n) is 2.11. The molecule has 8 heteroatoms. The van der Waals surface area contributed by atoms with Gasteiger partial charge in [0.25, 0.3) is 5.91 Å². The van der Waals surface area contributed by atoms with Gasteiger partial charge in [-0.1, -0.05) is 29.3 Å². The second kappa shape index (κ2) is 6.98. The molecule has 1 aliphatic heterocycles. The predicted molar refractivity (Wildman–Crippen MR) is 82.6 cm³/mol. The van der Waals surface area contributed by atoms with Crippen LogP contribution in [0.3, 0.4) is 0 Å². The van der Waals surface area contributed by atoms with Gasteiger partial charge < -0.3 is 10.2 Å². The van der Waals surface area contributed by atoms with Crippen LogP contribution in [-0.2, 0) is 16.1 Å². The number of benzene rings is 1. The Kier molecular flexibility index (Phi) is 5.26. The Morgan fingerprint density at radius 3 is 2.64 bits per heavy atom. The molecule has 0 saturated carbocycles. The summed E-state index contributed by atoms with van der Waals surface area (Å²) in [6.07, 6.45) is 0.412. The van der Waals surface area contributed by atoms with Crippen LogP contribution in [0.1, 0.15) is 18.4 Å². The smallest absolute Gasteiger partial charge is 0.322 e. The molecule has 1 heterocycles. The maximum atomic E-state index is 12.1. The van der Waals surface area contributed by atoms with Crippen molar-refractivity contribution in [2.24, 2.45) is 0 Å². The summed E-state index contributed by atoms with van der Waals surface area (Å²) in [6.45, 7) is 0.345. The first-order chi connectivity index (χ1) is 10.4. The maximum Gasteiger partial charge on any atom is 0.322 e. The Morgan fingerprint density at radius 1 is 1.32 bits per heavy atom. The van der Waals surface area contributed by atoms with Crippen molar-refractivity contribution < 1.29 is 14.4 Å². The number of amides is 4. The summed E-state index contributed by atoms with van der Waals surface area (Å²) in [5, 5.41) is 5.61. The van der Waals surface area contributed by atoms with E-state index in [4.69, 9.17) is 23.2 Å². The van der Waals surface area contributed by atoms with E-state index in [2.05, 4.69) is 10.6 Å². The normalized spacial score (nSPS) is 17.1. The first-order valence-corrected chi connectivity index (χ1v) is 7.41. The van der Waals surface area contributed by atoms with Crippen LogP contribution in [0.25, 0.3) is 0 Å². The highest BCUT2D eigenvalue weighted by atomic mass is 35.5. The van der Waals surface area contributed by atoms with Gasteiger partial charge in [-0.3, -0.25) is 14.9 Å². The summed E-state index contributed by atoms with van der Waals surface area (Å²) in [5.74, 6) is -0.541. The van der Waals surface area contributed by atoms with Crippen LogP contribution < -0.4 is 10.6 Å². The lowest BCUT2D eigenvalue weighted by Gasteiger charge is -2.18. The largest absolute Gasteiger partial charge is 0.341 e. The third-order valence-electron chi connectivity index (χ3n) is 3.35. The number of carbonyl (C=O) groups is 3. The zero-order valence-corrected chi connectivity index (χ0v) is 13.4. The van der Waals surface area contributed by atoms with Crippen LogP contribution >= 0.6 is 23.2 Å². The number of hydrogen-bond acceptors (Lipinski definition) is 3. The van der Waals surface area contributed by atoms with Gasteiger partial charge in [0.1, 0.15) is 6.04 Å². The first kappa shape index (κ1) is 16.6. The van der Waals surface area contributed by atoms with Crippen molar-refractivity contribution in [3.05, 3.63) is 33.8 Å². The molecule has 0 spiro atoms. The third-order valence-corrected chi connectivity index (χ3v) is 3.94. The van der Waals surface area contributed by atoms with Crippen LogP contribution in [0.5, 0.6) is 0 Å². The average molecular weight is 344 g/mol. The molecule has 1 atom stereocenters. The summed E-state index contributed by atoms with van der Waals surface area (Å²) in [5.41, 5.74) is 0.786. The standard InChI is InChI=1S/C14H15Cl2N3O3/c1-19(7-8-2-3-9(15)6-10(8)16)12(20)5-4-11-13(21)18-14(22)17-11/h2-3,6,11H,4-5,7H2,1H3,(H2,17,18,21,22)/t11-/m0/s1. The zero-order valence-electron chi connectivity index (χ0n) is 11.9. The minimum Gasteiger partial charge on any atom is -0.341 e. The molecule has 1 aromatic carbocycles. The first-order valence-electron chi connectivity index (χ1n) is 6.66. The second-order valence-corrected chi connectivity index (χ2v) is 5.88. The van der Waals surface area contributed by atoms with E-state index in [1.165, 1.54) is 4.90 Å². The van der Waals surface area contributed by atoms with Crippen molar-refractivity contribution in [2.45, 2.75) is 25.4 Å². The number of hydrogen-bond donors (Lipinski definition) is 2. The van der Waals surface area contributed by atoms with Crippen LogP contribution in [0.2, 0.25) is 10.0 Å². The molecule has 0 bridgehead atoms. The number of rotatable bonds is 5. The molecule has 2 rings (SSSR count). The van der Waals surface area contributed by atoms with E-state index < -0.39 is 18.0 Å². The van der Waals surface area contributed by atoms with E-state index in [9.17, 15) is 14.4 Å². The number of urea groups is 1. The molecule has 0 radical (unpaired) electrons. The Hall–Kier alpha value is -1.79. The highest BCUT2D eigenvalue weighted by Crippen LogP contribution is 2.22. The van der Waals surface area contributed by atoms with Gasteiger partial charge in [0.2, 0.25) is 5.91 Å². The van der Waals surface area contributed by atoms with Crippen molar-refractivity contribution in [1.29, 1.82) is 0 Å². The van der Waals surface area contributed by atoms with Gasteiger partial charge in [0, 0.05) is 30.1 Å². The van der Waals surface area contributed by atoms with E-state index in [1.807, 2.05) is 0 Å². The molecule has 1 saturated heterocycles. The lowest BCUT2D eigenvalue weighted by atomic mass is 10.1. The molecule has 22 heavy (non-hydrogen) atoms. The molecule has 1 aliphatic rings. The molecule has 4 amide bonds. The van der Waals surface area contributed by atoms with Gasteiger partial charge in [-0.15, -0.1) is 0 Å². The SMILES string of the molecule is CN(Cc1ccc(Cl)cc1Cl)C(=O)CC[C@@H]1NC(=O)NC1=O. The number of nitrogens with zero attached hydrogens (tertiary/aromatic N) is 1. The van der Waals surface area contributed by atoms with E-state index in [0.29, 0.717) is 16.6 Å². The van der Waals surface area contributed by atoms with E-state index in [-0.39, 0.29) is 18.7 Å². The highest BCUT2D eigenvalue weighted by molar-refractivity contribution is 6.35. The Labute approximate surface area is 137 Å². The van der Waals surface area contributed by atoms with Crippen molar-refractivity contribution in [1.82, 2.24) is 15.5 Å². The van der Waals surface area contributed by atoms with E-state index in [0.717, 1.165) is 5.56 Å². The van der Waals surface area contributed by atoms with Crippen molar-refractivity contribution >= 4 is 41.0 Å². The Balaban J connectivity index is 1.87. The lowest BCUT2D eigenvalue weighted by molar-refractivity contribution is -0.130. The van der Waals surface area contributed by atoms with Crippen LogP contribution in [0.4, 0.5) is 4.79 Å². The molecule has 1 fully saturated rings. The predicted octanol–water partition coefficient (Wildman–Crippen LogP) is 1.94. The van der Waals surface area contributed by atoms with Gasteiger partial charge in [-0.05, 0) is 24.1 Å². The van der Waals surface area contributed by atoms with Gasteiger partial charge in [0.05, 0.1) is 0 Å². The van der Waals surface area contributed by atoms with Gasteiger partial charge in [-0.2, -0.15) is 0 Å². The minimum absolute atomic E-state index is 0.139. The molecular weight excluding hydrogens is 329 g/mol. The molecule has 2 N–H and O–H groups in total. The molecule has 6 nitrogen and oxygen atoms in total. The Bertz CT molecular complexity index is 621. The summed E-state index contributed by atoms with van der Waals surface area (Å²) in [6, 6.07) is 3.92. The minimum atomic E-state index is -0.649. The number of halogens is 2. The summed E-state index contributed by atoms with van der Waals surface area (Å²) in [7, 11) is 1.65. The number of carbonyl (C=O) groups excluding carboxylic acids is 3. The van der Waals surface area contributed by atoms with Gasteiger partial charge >= 0.3 is 6.03 Å². The monoisotopic (exact) mass is 343 g/mol.